The highest BCUT2D eigenvalue weighted by Crippen LogP contribution is 2.30. The van der Waals surface area contributed by atoms with Crippen LogP contribution in [0.5, 0.6) is 0 Å². The average molecular weight is 276 g/mol. The predicted molar refractivity (Wildman–Crippen MR) is 74.5 cm³/mol. The van der Waals surface area contributed by atoms with Gasteiger partial charge < -0.3 is 9.64 Å². The monoisotopic (exact) mass is 276 g/mol. The van der Waals surface area contributed by atoms with Crippen molar-refractivity contribution in [3.63, 3.8) is 0 Å². The summed E-state index contributed by atoms with van der Waals surface area (Å²) < 4.78 is 4.61. The van der Waals surface area contributed by atoms with E-state index in [4.69, 9.17) is 0 Å². The molecule has 0 radical (unpaired) electrons. The van der Waals surface area contributed by atoms with Crippen LogP contribution in [0.15, 0.2) is 18.3 Å². The summed E-state index contributed by atoms with van der Waals surface area (Å²) in [5.74, 6) is 0.148. The fourth-order valence-electron chi connectivity index (χ4n) is 2.08. The summed E-state index contributed by atoms with van der Waals surface area (Å²) in [5.41, 5.74) is 0.736. The van der Waals surface area contributed by atoms with Crippen LogP contribution in [0, 0.1) is 5.92 Å². The first-order chi connectivity index (χ1) is 9.65. The van der Waals surface area contributed by atoms with Crippen LogP contribution in [-0.2, 0) is 4.74 Å². The molecule has 0 unspecified atom stereocenters. The Morgan fingerprint density at radius 1 is 1.40 bits per heavy atom. The van der Waals surface area contributed by atoms with E-state index < -0.39 is 5.97 Å². The molecule has 0 N–H and O–H groups in total. The fourth-order valence-corrected chi connectivity index (χ4v) is 2.08. The molecule has 2 rings (SSSR count). The summed E-state index contributed by atoms with van der Waals surface area (Å²) in [6, 6.07) is 3.16. The standard InChI is InChI=1S/C15H20N2O3/c1-3-8-17(10-11-4-5-11)14(18)13-7-6-12(9-16-13)15(19)20-2/h6-7,9,11H,3-5,8,10H2,1-2H3. The second-order valence-corrected chi connectivity index (χ2v) is 5.12. The van der Waals surface area contributed by atoms with Gasteiger partial charge in [-0.15, -0.1) is 0 Å². The maximum atomic E-state index is 12.4. The lowest BCUT2D eigenvalue weighted by Crippen LogP contribution is -2.34. The molecule has 1 fully saturated rings. The summed E-state index contributed by atoms with van der Waals surface area (Å²) >= 11 is 0. The lowest BCUT2D eigenvalue weighted by molar-refractivity contribution is 0.0599. The van der Waals surface area contributed by atoms with Gasteiger partial charge in [0.25, 0.3) is 5.91 Å². The fraction of sp³-hybridized carbons (Fsp3) is 0.533. The van der Waals surface area contributed by atoms with Gasteiger partial charge in [-0.25, -0.2) is 4.79 Å². The third-order valence-corrected chi connectivity index (χ3v) is 3.36. The Hall–Kier alpha value is -1.91. The average Bonchev–Trinajstić information content (AvgIpc) is 3.29. The number of aromatic nitrogens is 1. The van der Waals surface area contributed by atoms with Gasteiger partial charge in [-0.3, -0.25) is 9.78 Å². The molecule has 5 heteroatoms. The van der Waals surface area contributed by atoms with Crippen molar-refractivity contribution in [1.29, 1.82) is 0 Å². The van der Waals surface area contributed by atoms with Crippen LogP contribution in [0.4, 0.5) is 0 Å². The van der Waals surface area contributed by atoms with Crippen LogP contribution in [0.25, 0.3) is 0 Å². The van der Waals surface area contributed by atoms with E-state index in [-0.39, 0.29) is 5.91 Å². The molecule has 1 saturated carbocycles. The van der Waals surface area contributed by atoms with Gasteiger partial charge >= 0.3 is 5.97 Å². The second kappa shape index (κ2) is 6.50. The van der Waals surface area contributed by atoms with Crippen LogP contribution in [0.3, 0.4) is 0 Å². The zero-order valence-corrected chi connectivity index (χ0v) is 12.0. The van der Waals surface area contributed by atoms with E-state index in [9.17, 15) is 9.59 Å². The lowest BCUT2D eigenvalue weighted by Gasteiger charge is -2.21. The summed E-state index contributed by atoms with van der Waals surface area (Å²) in [5, 5.41) is 0. The molecule has 1 aliphatic rings. The van der Waals surface area contributed by atoms with E-state index in [1.165, 1.54) is 26.1 Å². The van der Waals surface area contributed by atoms with Crippen molar-refractivity contribution in [2.75, 3.05) is 20.2 Å². The van der Waals surface area contributed by atoms with Crippen molar-refractivity contribution in [1.82, 2.24) is 9.88 Å². The molecule has 1 heterocycles. The molecule has 1 aliphatic carbocycles. The Morgan fingerprint density at radius 3 is 2.65 bits per heavy atom. The van der Waals surface area contributed by atoms with Crippen LogP contribution in [0.1, 0.15) is 47.0 Å². The second-order valence-electron chi connectivity index (χ2n) is 5.12. The molecule has 1 aromatic heterocycles. The van der Waals surface area contributed by atoms with E-state index in [1.807, 2.05) is 4.90 Å². The predicted octanol–water partition coefficient (Wildman–Crippen LogP) is 2.13. The van der Waals surface area contributed by atoms with Gasteiger partial charge in [0.15, 0.2) is 0 Å². The molecule has 1 aromatic rings. The van der Waals surface area contributed by atoms with Gasteiger partial charge in [0, 0.05) is 19.3 Å². The van der Waals surface area contributed by atoms with Crippen molar-refractivity contribution >= 4 is 11.9 Å². The van der Waals surface area contributed by atoms with E-state index in [2.05, 4.69) is 16.6 Å². The first-order valence-electron chi connectivity index (χ1n) is 6.99. The Labute approximate surface area is 118 Å². The van der Waals surface area contributed by atoms with Crippen molar-refractivity contribution in [3.8, 4) is 0 Å². The zero-order valence-electron chi connectivity index (χ0n) is 12.0. The highest BCUT2D eigenvalue weighted by molar-refractivity contribution is 5.94. The Bertz CT molecular complexity index is 480. The summed E-state index contributed by atoms with van der Waals surface area (Å²) in [6.07, 6.45) is 4.74. The molecule has 20 heavy (non-hydrogen) atoms. The number of amides is 1. The number of ether oxygens (including phenoxy) is 1. The molecule has 108 valence electrons. The third kappa shape index (κ3) is 3.56. The van der Waals surface area contributed by atoms with E-state index in [0.717, 1.165) is 19.5 Å². The van der Waals surface area contributed by atoms with Crippen molar-refractivity contribution in [3.05, 3.63) is 29.6 Å². The maximum absolute atomic E-state index is 12.4. The van der Waals surface area contributed by atoms with Crippen molar-refractivity contribution in [2.24, 2.45) is 5.92 Å². The SMILES string of the molecule is CCCN(CC1CC1)C(=O)c1ccc(C(=O)OC)cn1. The quantitative estimate of drug-likeness (QED) is 0.747. The third-order valence-electron chi connectivity index (χ3n) is 3.36. The normalized spacial score (nSPS) is 13.9. The molecule has 0 aromatic carbocycles. The summed E-state index contributed by atoms with van der Waals surface area (Å²) in [7, 11) is 1.32. The van der Waals surface area contributed by atoms with Gasteiger partial charge in [-0.05, 0) is 37.3 Å². The molecule has 1 amide bonds. The van der Waals surface area contributed by atoms with Crippen LogP contribution in [0.2, 0.25) is 0 Å². The lowest BCUT2D eigenvalue weighted by atomic mass is 10.2. The Morgan fingerprint density at radius 2 is 2.15 bits per heavy atom. The number of methoxy groups -OCH3 is 1. The topological polar surface area (TPSA) is 59.5 Å². The zero-order chi connectivity index (χ0) is 14.5. The molecular weight excluding hydrogens is 256 g/mol. The molecule has 0 bridgehead atoms. The van der Waals surface area contributed by atoms with Gasteiger partial charge in [0.05, 0.1) is 12.7 Å². The smallest absolute Gasteiger partial charge is 0.339 e. The first-order valence-corrected chi connectivity index (χ1v) is 6.99. The minimum Gasteiger partial charge on any atom is -0.465 e. The number of hydrogen-bond donors (Lipinski definition) is 0. The van der Waals surface area contributed by atoms with Crippen LogP contribution < -0.4 is 0 Å². The van der Waals surface area contributed by atoms with Gasteiger partial charge in [0.1, 0.15) is 5.69 Å². The largest absolute Gasteiger partial charge is 0.465 e. The Kier molecular flexibility index (Phi) is 4.71. The highest BCUT2D eigenvalue weighted by atomic mass is 16.5. The van der Waals surface area contributed by atoms with Crippen molar-refractivity contribution in [2.45, 2.75) is 26.2 Å². The minimum atomic E-state index is -0.445. The van der Waals surface area contributed by atoms with Crippen molar-refractivity contribution < 1.29 is 14.3 Å². The molecule has 0 spiro atoms. The number of pyridine rings is 1. The molecule has 0 aliphatic heterocycles. The van der Waals surface area contributed by atoms with Gasteiger partial charge in [-0.1, -0.05) is 6.92 Å². The molecule has 5 nitrogen and oxygen atoms in total. The number of nitrogens with zero attached hydrogens (tertiary/aromatic N) is 2. The van der Waals surface area contributed by atoms with E-state index in [0.29, 0.717) is 17.2 Å². The molecular formula is C15H20N2O3. The summed E-state index contributed by atoms with van der Waals surface area (Å²) in [6.45, 7) is 3.61. The number of carbonyl (C=O) groups excluding carboxylic acids is 2. The first kappa shape index (κ1) is 14.5. The van der Waals surface area contributed by atoms with E-state index in [1.54, 1.807) is 12.1 Å². The maximum Gasteiger partial charge on any atom is 0.339 e. The van der Waals surface area contributed by atoms with E-state index >= 15 is 0 Å². The van der Waals surface area contributed by atoms with Crippen LogP contribution in [-0.4, -0.2) is 42.0 Å². The number of rotatable bonds is 6. The molecule has 0 atom stereocenters. The molecule has 0 saturated heterocycles. The number of hydrogen-bond acceptors (Lipinski definition) is 4. The summed E-state index contributed by atoms with van der Waals surface area (Å²) in [4.78, 5) is 29.7. The number of carbonyl (C=O) groups is 2. The highest BCUT2D eigenvalue weighted by Gasteiger charge is 2.27. The van der Waals surface area contributed by atoms with Gasteiger partial charge in [-0.2, -0.15) is 0 Å². The minimum absolute atomic E-state index is 0.0600. The number of esters is 1. The van der Waals surface area contributed by atoms with Gasteiger partial charge in [0.2, 0.25) is 0 Å². The van der Waals surface area contributed by atoms with Crippen LogP contribution >= 0.6 is 0 Å². The Balaban J connectivity index is 2.07.